The second-order valence-corrected chi connectivity index (χ2v) is 4.76. The monoisotopic (exact) mass is 250 g/mol. The molecule has 1 aromatic carbocycles. The van der Waals surface area contributed by atoms with Crippen LogP contribution in [0.1, 0.15) is 5.56 Å². The fourth-order valence-corrected chi connectivity index (χ4v) is 2.09. The Hall–Kier alpha value is -1.17. The molecule has 1 heterocycles. The Bertz CT molecular complexity index is 426. The van der Waals surface area contributed by atoms with Gasteiger partial charge in [-0.15, -0.1) is 11.8 Å². The van der Waals surface area contributed by atoms with Gasteiger partial charge in [0.05, 0.1) is 11.4 Å². The van der Waals surface area contributed by atoms with E-state index in [1.807, 2.05) is 30.5 Å². The second-order valence-electron chi connectivity index (χ2n) is 3.88. The molecule has 0 aromatic heterocycles. The molecule has 0 spiro atoms. The molecule has 0 atom stereocenters. The summed E-state index contributed by atoms with van der Waals surface area (Å²) >= 11 is 1.66. The fraction of sp³-hybridized carbons (Fsp3) is 0.333. The summed E-state index contributed by atoms with van der Waals surface area (Å²) in [6.45, 7) is 1.67. The zero-order chi connectivity index (χ0) is 11.5. The van der Waals surface area contributed by atoms with E-state index in [9.17, 15) is 0 Å². The molecule has 1 saturated heterocycles. The molecule has 6 N–H and O–H groups in total. The van der Waals surface area contributed by atoms with Gasteiger partial charge in [0.1, 0.15) is 0 Å². The van der Waals surface area contributed by atoms with E-state index in [1.54, 1.807) is 11.8 Å². The highest BCUT2D eigenvalue weighted by molar-refractivity contribution is 7.98. The highest BCUT2D eigenvalue weighted by Crippen LogP contribution is 2.18. The van der Waals surface area contributed by atoms with Crippen LogP contribution in [-0.2, 0) is 0 Å². The molecule has 0 radical (unpaired) electrons. The van der Waals surface area contributed by atoms with Gasteiger partial charge >= 0.3 is 0 Å². The lowest BCUT2D eigenvalue weighted by Gasteiger charge is -2.28. The minimum atomic E-state index is 0. The highest BCUT2D eigenvalue weighted by Gasteiger charge is 2.24. The maximum Gasteiger partial charge on any atom is 0.0824 e. The number of nitrogens with one attached hydrogen (secondary N) is 3. The van der Waals surface area contributed by atoms with E-state index in [1.165, 1.54) is 0 Å². The molecule has 17 heavy (non-hydrogen) atoms. The van der Waals surface area contributed by atoms with Crippen molar-refractivity contribution in [3.05, 3.63) is 29.8 Å². The lowest BCUT2D eigenvalue weighted by atomic mass is 9.91. The predicted octanol–water partition coefficient (Wildman–Crippen LogP) is 2.18. The minimum absolute atomic E-state index is 0. The predicted molar refractivity (Wildman–Crippen MR) is 74.2 cm³/mol. The quantitative estimate of drug-likeness (QED) is 0.487. The van der Waals surface area contributed by atoms with Gasteiger partial charge in [0, 0.05) is 29.5 Å². The second kappa shape index (κ2) is 5.95. The van der Waals surface area contributed by atoms with Gasteiger partial charge in [0.15, 0.2) is 0 Å². The molecule has 1 aromatic rings. The van der Waals surface area contributed by atoms with E-state index in [0.29, 0.717) is 11.4 Å². The number of benzene rings is 1. The Morgan fingerprint density at radius 3 is 2.59 bits per heavy atom. The zero-order valence-corrected chi connectivity index (χ0v) is 10.7. The molecular weight excluding hydrogens is 232 g/mol. The minimum Gasteiger partial charge on any atom is -0.344 e. The van der Waals surface area contributed by atoms with Gasteiger partial charge in [-0.25, -0.2) is 0 Å². The summed E-state index contributed by atoms with van der Waals surface area (Å²) in [5.41, 5.74) is 1.67. The lowest BCUT2D eigenvalue weighted by molar-refractivity contribution is 0.445. The van der Waals surface area contributed by atoms with E-state index in [4.69, 9.17) is 10.8 Å². The van der Waals surface area contributed by atoms with E-state index < -0.39 is 0 Å². The van der Waals surface area contributed by atoms with Crippen molar-refractivity contribution in [1.82, 2.24) is 11.5 Å². The van der Waals surface area contributed by atoms with Crippen molar-refractivity contribution in [2.45, 2.75) is 4.90 Å². The molecular formula is C12H18N4S. The normalized spacial score (nSPS) is 14.6. The molecule has 2 rings (SSSR count). The first-order valence-electron chi connectivity index (χ1n) is 5.25. The van der Waals surface area contributed by atoms with Crippen LogP contribution in [0.15, 0.2) is 29.2 Å². The summed E-state index contributed by atoms with van der Waals surface area (Å²) < 4.78 is 0. The molecule has 0 bridgehead atoms. The maximum atomic E-state index is 8.01. The average molecular weight is 250 g/mol. The number of thioether (sulfide) groups is 1. The summed E-state index contributed by atoms with van der Waals surface area (Å²) in [5, 5.41) is 19.1. The van der Waals surface area contributed by atoms with E-state index in [2.05, 4.69) is 5.32 Å². The molecule has 92 valence electrons. The third kappa shape index (κ3) is 2.94. The molecule has 0 amide bonds. The van der Waals surface area contributed by atoms with E-state index >= 15 is 0 Å². The molecule has 1 aliphatic rings. The van der Waals surface area contributed by atoms with Crippen molar-refractivity contribution in [2.24, 2.45) is 5.92 Å². The smallest absolute Gasteiger partial charge is 0.0824 e. The van der Waals surface area contributed by atoms with Gasteiger partial charge in [-0.2, -0.15) is 0 Å². The topological polar surface area (TPSA) is 94.7 Å². The van der Waals surface area contributed by atoms with Crippen molar-refractivity contribution in [3.63, 3.8) is 0 Å². The van der Waals surface area contributed by atoms with Crippen molar-refractivity contribution >= 4 is 23.2 Å². The standard InChI is InChI=1S/C12H15N3S.H3N/c1-16-10-4-2-3-8(5-10)11(13)12(14)9-6-15-7-9;/h2-5,9,13-15H,6-7H2,1H3;1H3. The van der Waals surface area contributed by atoms with Crippen LogP contribution in [0.5, 0.6) is 0 Å². The number of rotatable bonds is 4. The molecule has 1 fully saturated rings. The Balaban J connectivity index is 0.00000144. The average Bonchev–Trinajstić information content (AvgIpc) is 2.25. The van der Waals surface area contributed by atoms with Crippen LogP contribution in [0, 0.1) is 16.7 Å². The molecule has 0 aliphatic carbocycles. The Labute approximate surface area is 106 Å². The van der Waals surface area contributed by atoms with E-state index in [0.717, 1.165) is 23.5 Å². The van der Waals surface area contributed by atoms with Crippen LogP contribution in [-0.4, -0.2) is 30.8 Å². The van der Waals surface area contributed by atoms with Gasteiger partial charge in [-0.1, -0.05) is 12.1 Å². The van der Waals surface area contributed by atoms with Crippen LogP contribution in [0.2, 0.25) is 0 Å². The fourth-order valence-electron chi connectivity index (χ4n) is 1.63. The SMILES string of the molecule is CSc1cccc(C(=N)C(=N)C2CNC2)c1.N. The Morgan fingerprint density at radius 1 is 1.35 bits per heavy atom. The van der Waals surface area contributed by atoms with Crippen molar-refractivity contribution in [1.29, 1.82) is 10.8 Å². The van der Waals surface area contributed by atoms with Gasteiger partial charge < -0.3 is 16.9 Å². The summed E-state index contributed by atoms with van der Waals surface area (Å²) in [6, 6.07) is 7.86. The van der Waals surface area contributed by atoms with Crippen LogP contribution in [0.3, 0.4) is 0 Å². The lowest BCUT2D eigenvalue weighted by Crippen LogP contribution is -2.48. The van der Waals surface area contributed by atoms with Gasteiger partial charge in [0.25, 0.3) is 0 Å². The molecule has 5 heteroatoms. The van der Waals surface area contributed by atoms with Crippen molar-refractivity contribution in [2.75, 3.05) is 19.3 Å². The summed E-state index contributed by atoms with van der Waals surface area (Å²) in [6.07, 6.45) is 2.02. The Kier molecular flexibility index (Phi) is 4.86. The summed E-state index contributed by atoms with van der Waals surface area (Å²) in [5.74, 6) is 0.227. The van der Waals surface area contributed by atoms with Crippen LogP contribution < -0.4 is 11.5 Å². The van der Waals surface area contributed by atoms with Gasteiger partial charge in [0.2, 0.25) is 0 Å². The maximum absolute atomic E-state index is 8.01. The third-order valence-electron chi connectivity index (χ3n) is 2.82. The van der Waals surface area contributed by atoms with Crippen LogP contribution in [0.25, 0.3) is 0 Å². The summed E-state index contributed by atoms with van der Waals surface area (Å²) in [4.78, 5) is 1.14. The van der Waals surface area contributed by atoms with Gasteiger partial charge in [-0.3, -0.25) is 5.41 Å². The first-order valence-corrected chi connectivity index (χ1v) is 6.47. The first kappa shape index (κ1) is 13.9. The molecule has 0 saturated carbocycles. The van der Waals surface area contributed by atoms with Crippen molar-refractivity contribution in [3.8, 4) is 0 Å². The Morgan fingerprint density at radius 2 is 2.06 bits per heavy atom. The van der Waals surface area contributed by atoms with Gasteiger partial charge in [-0.05, 0) is 18.4 Å². The third-order valence-corrected chi connectivity index (χ3v) is 3.54. The molecule has 1 aliphatic heterocycles. The first-order chi connectivity index (χ1) is 7.72. The zero-order valence-electron chi connectivity index (χ0n) is 9.92. The highest BCUT2D eigenvalue weighted by atomic mass is 32.2. The summed E-state index contributed by atoms with van der Waals surface area (Å²) in [7, 11) is 0. The molecule has 0 unspecified atom stereocenters. The van der Waals surface area contributed by atoms with Crippen molar-refractivity contribution < 1.29 is 0 Å². The largest absolute Gasteiger partial charge is 0.344 e. The number of hydrogen-bond donors (Lipinski definition) is 4. The number of hydrogen-bond acceptors (Lipinski definition) is 5. The van der Waals surface area contributed by atoms with Crippen LogP contribution >= 0.6 is 11.8 Å². The molecule has 4 nitrogen and oxygen atoms in total. The van der Waals surface area contributed by atoms with Crippen LogP contribution in [0.4, 0.5) is 0 Å². The van der Waals surface area contributed by atoms with E-state index in [-0.39, 0.29) is 12.1 Å².